The minimum atomic E-state index is 0.149. The van der Waals surface area contributed by atoms with Crippen molar-refractivity contribution in [1.82, 2.24) is 5.32 Å². The molecule has 1 heterocycles. The van der Waals surface area contributed by atoms with Crippen molar-refractivity contribution in [3.05, 3.63) is 59.5 Å². The van der Waals surface area contributed by atoms with Crippen LogP contribution in [0.1, 0.15) is 48.1 Å². The van der Waals surface area contributed by atoms with Gasteiger partial charge >= 0.3 is 0 Å². The van der Waals surface area contributed by atoms with E-state index < -0.39 is 0 Å². The van der Waals surface area contributed by atoms with Crippen LogP contribution in [-0.2, 0) is 0 Å². The Morgan fingerprint density at radius 1 is 1.17 bits per heavy atom. The molecule has 0 spiro atoms. The van der Waals surface area contributed by atoms with Crippen molar-refractivity contribution in [2.75, 3.05) is 7.05 Å². The van der Waals surface area contributed by atoms with E-state index in [0.717, 1.165) is 11.7 Å². The molecule has 0 bridgehead atoms. The van der Waals surface area contributed by atoms with Gasteiger partial charge in [0.1, 0.15) is 5.76 Å². The highest BCUT2D eigenvalue weighted by Gasteiger charge is 2.20. The Bertz CT molecular complexity index is 482. The maximum Gasteiger partial charge on any atom is 0.125 e. The minimum absolute atomic E-state index is 0.149. The van der Waals surface area contributed by atoms with Gasteiger partial charge in [0.25, 0.3) is 0 Å². The Morgan fingerprint density at radius 2 is 1.94 bits per heavy atom. The summed E-state index contributed by atoms with van der Waals surface area (Å²) in [5.41, 5.74) is 2.75. The van der Waals surface area contributed by atoms with Gasteiger partial charge in [0.15, 0.2) is 0 Å². The zero-order chi connectivity index (χ0) is 12.4. The van der Waals surface area contributed by atoms with Gasteiger partial charge in [-0.2, -0.15) is 0 Å². The summed E-state index contributed by atoms with van der Waals surface area (Å²) in [6.07, 6.45) is 5.82. The first kappa shape index (κ1) is 11.5. The topological polar surface area (TPSA) is 25.2 Å². The van der Waals surface area contributed by atoms with E-state index in [2.05, 4.69) is 29.6 Å². The summed E-state index contributed by atoms with van der Waals surface area (Å²) >= 11 is 0. The Kier molecular flexibility index (Phi) is 3.20. The third-order valence-corrected chi connectivity index (χ3v) is 3.96. The third kappa shape index (κ3) is 2.08. The average Bonchev–Trinajstić information content (AvgIpc) is 2.84. The van der Waals surface area contributed by atoms with Crippen molar-refractivity contribution in [1.29, 1.82) is 0 Å². The standard InChI is InChI=1S/C16H19NO/c1-17-16(15-6-3-11-18-15)14-9-7-13(8-10-14)12-4-2-5-12/h3,6-12,16-17H,2,4-5H2,1H3. The molecule has 1 aromatic carbocycles. The third-order valence-electron chi connectivity index (χ3n) is 3.96. The molecule has 1 saturated carbocycles. The van der Waals surface area contributed by atoms with Crippen molar-refractivity contribution in [3.8, 4) is 0 Å². The Balaban J connectivity index is 1.82. The van der Waals surface area contributed by atoms with Gasteiger partial charge in [-0.1, -0.05) is 30.7 Å². The molecule has 3 rings (SSSR count). The normalized spacial score (nSPS) is 17.4. The average molecular weight is 241 g/mol. The van der Waals surface area contributed by atoms with Crippen LogP contribution < -0.4 is 5.32 Å². The van der Waals surface area contributed by atoms with Crippen molar-refractivity contribution in [2.45, 2.75) is 31.2 Å². The lowest BCUT2D eigenvalue weighted by atomic mass is 9.80. The molecule has 94 valence electrons. The number of rotatable bonds is 4. The van der Waals surface area contributed by atoms with E-state index in [-0.39, 0.29) is 6.04 Å². The first-order valence-electron chi connectivity index (χ1n) is 6.69. The number of hydrogen-bond acceptors (Lipinski definition) is 2. The number of benzene rings is 1. The Labute approximate surface area is 108 Å². The van der Waals surface area contributed by atoms with Gasteiger partial charge in [0, 0.05) is 0 Å². The van der Waals surface area contributed by atoms with Crippen molar-refractivity contribution < 1.29 is 4.42 Å². The summed E-state index contributed by atoms with van der Waals surface area (Å²) in [6, 6.07) is 13.1. The molecule has 1 unspecified atom stereocenters. The highest BCUT2D eigenvalue weighted by Crippen LogP contribution is 2.36. The maximum atomic E-state index is 5.49. The minimum Gasteiger partial charge on any atom is -0.467 e. The van der Waals surface area contributed by atoms with Crippen LogP contribution in [0.15, 0.2) is 47.1 Å². The van der Waals surface area contributed by atoms with Crippen LogP contribution in [0.2, 0.25) is 0 Å². The highest BCUT2D eigenvalue weighted by atomic mass is 16.3. The van der Waals surface area contributed by atoms with Gasteiger partial charge in [0.05, 0.1) is 12.3 Å². The van der Waals surface area contributed by atoms with Gasteiger partial charge < -0.3 is 9.73 Å². The summed E-state index contributed by atoms with van der Waals surface area (Å²) < 4.78 is 5.49. The zero-order valence-corrected chi connectivity index (χ0v) is 10.7. The molecular formula is C16H19NO. The molecule has 1 aromatic heterocycles. The summed E-state index contributed by atoms with van der Waals surface area (Å²) in [5.74, 6) is 1.77. The number of furan rings is 1. The second-order valence-electron chi connectivity index (χ2n) is 5.03. The molecule has 0 saturated heterocycles. The van der Waals surface area contributed by atoms with E-state index in [1.165, 1.54) is 30.4 Å². The predicted molar refractivity (Wildman–Crippen MR) is 72.6 cm³/mol. The van der Waals surface area contributed by atoms with Gasteiger partial charge in [-0.05, 0) is 49.1 Å². The lowest BCUT2D eigenvalue weighted by Crippen LogP contribution is -2.17. The number of hydrogen-bond donors (Lipinski definition) is 1. The molecule has 0 radical (unpaired) electrons. The van der Waals surface area contributed by atoms with E-state index in [0.29, 0.717) is 0 Å². The van der Waals surface area contributed by atoms with Crippen LogP contribution in [0.4, 0.5) is 0 Å². The van der Waals surface area contributed by atoms with E-state index >= 15 is 0 Å². The van der Waals surface area contributed by atoms with Crippen LogP contribution in [-0.4, -0.2) is 7.05 Å². The van der Waals surface area contributed by atoms with Gasteiger partial charge in [-0.15, -0.1) is 0 Å². The maximum absolute atomic E-state index is 5.49. The zero-order valence-electron chi connectivity index (χ0n) is 10.7. The Morgan fingerprint density at radius 3 is 2.44 bits per heavy atom. The second kappa shape index (κ2) is 4.99. The number of nitrogens with one attached hydrogen (secondary N) is 1. The molecule has 1 fully saturated rings. The van der Waals surface area contributed by atoms with Crippen LogP contribution in [0.5, 0.6) is 0 Å². The molecule has 0 amide bonds. The molecule has 0 aliphatic heterocycles. The molecule has 2 nitrogen and oxygen atoms in total. The molecule has 2 aromatic rings. The molecule has 1 aliphatic carbocycles. The summed E-state index contributed by atoms with van der Waals surface area (Å²) in [6.45, 7) is 0. The van der Waals surface area contributed by atoms with Crippen LogP contribution in [0.3, 0.4) is 0 Å². The van der Waals surface area contributed by atoms with E-state index in [9.17, 15) is 0 Å². The Hall–Kier alpha value is -1.54. The van der Waals surface area contributed by atoms with Crippen LogP contribution in [0.25, 0.3) is 0 Å². The fraction of sp³-hybridized carbons (Fsp3) is 0.375. The summed E-state index contributed by atoms with van der Waals surface area (Å²) in [7, 11) is 1.97. The molecule has 2 heteroatoms. The van der Waals surface area contributed by atoms with E-state index in [1.807, 2.05) is 19.2 Å². The van der Waals surface area contributed by atoms with E-state index in [1.54, 1.807) is 6.26 Å². The van der Waals surface area contributed by atoms with Crippen LogP contribution in [0, 0.1) is 0 Å². The first-order valence-corrected chi connectivity index (χ1v) is 6.69. The van der Waals surface area contributed by atoms with Crippen molar-refractivity contribution >= 4 is 0 Å². The monoisotopic (exact) mass is 241 g/mol. The lowest BCUT2D eigenvalue weighted by molar-refractivity contribution is 0.419. The second-order valence-corrected chi connectivity index (χ2v) is 5.03. The molecule has 1 atom stereocenters. The first-order chi connectivity index (χ1) is 8.88. The fourth-order valence-electron chi connectivity index (χ4n) is 2.63. The fourth-order valence-corrected chi connectivity index (χ4v) is 2.63. The van der Waals surface area contributed by atoms with Gasteiger partial charge in [0.2, 0.25) is 0 Å². The quantitative estimate of drug-likeness (QED) is 0.879. The highest BCUT2D eigenvalue weighted by molar-refractivity contribution is 5.31. The SMILES string of the molecule is CNC(c1ccc(C2CCC2)cc1)c1ccco1. The van der Waals surface area contributed by atoms with Gasteiger partial charge in [-0.3, -0.25) is 0 Å². The molecular weight excluding hydrogens is 222 g/mol. The lowest BCUT2D eigenvalue weighted by Gasteiger charge is -2.26. The van der Waals surface area contributed by atoms with Gasteiger partial charge in [-0.25, -0.2) is 0 Å². The summed E-state index contributed by atoms with van der Waals surface area (Å²) in [4.78, 5) is 0. The predicted octanol–water partition coefficient (Wildman–Crippen LogP) is 3.86. The summed E-state index contributed by atoms with van der Waals surface area (Å²) in [5, 5.41) is 3.30. The van der Waals surface area contributed by atoms with E-state index in [4.69, 9.17) is 4.42 Å². The smallest absolute Gasteiger partial charge is 0.125 e. The molecule has 1 aliphatic rings. The van der Waals surface area contributed by atoms with Crippen LogP contribution >= 0.6 is 0 Å². The molecule has 18 heavy (non-hydrogen) atoms. The molecule has 1 N–H and O–H groups in total. The van der Waals surface area contributed by atoms with Crippen molar-refractivity contribution in [2.24, 2.45) is 0 Å². The van der Waals surface area contributed by atoms with Crippen molar-refractivity contribution in [3.63, 3.8) is 0 Å². The largest absolute Gasteiger partial charge is 0.467 e.